The first-order valence-electron chi connectivity index (χ1n) is 4.54. The molecular weight excluding hydrogens is 226 g/mol. The Kier molecular flexibility index (Phi) is 4.53. The summed E-state index contributed by atoms with van der Waals surface area (Å²) in [5, 5.41) is 3.39. The minimum atomic E-state index is 0. The SMILES string of the molecule is C=C[n+]1ccsc1Cc1ccccc1.[Cl-]. The Morgan fingerprint density at radius 3 is 2.67 bits per heavy atom. The highest BCUT2D eigenvalue weighted by molar-refractivity contribution is 7.09. The number of hydrogen-bond donors (Lipinski definition) is 0. The van der Waals surface area contributed by atoms with Crippen LogP contribution in [0, 0.1) is 0 Å². The molecule has 2 aromatic rings. The van der Waals surface area contributed by atoms with Crippen molar-refractivity contribution in [2.75, 3.05) is 0 Å². The Bertz CT molecular complexity index is 422. The Labute approximate surface area is 100 Å². The van der Waals surface area contributed by atoms with Gasteiger partial charge in [0.05, 0.1) is 11.8 Å². The summed E-state index contributed by atoms with van der Waals surface area (Å²) in [5.41, 5.74) is 1.34. The summed E-state index contributed by atoms with van der Waals surface area (Å²) in [5.74, 6) is 0. The van der Waals surface area contributed by atoms with Crippen LogP contribution in [0.2, 0.25) is 0 Å². The zero-order valence-electron chi connectivity index (χ0n) is 8.27. The Balaban J connectivity index is 0.00000112. The molecule has 0 aliphatic heterocycles. The summed E-state index contributed by atoms with van der Waals surface area (Å²) in [6.45, 7) is 3.78. The van der Waals surface area contributed by atoms with Crippen LogP contribution in [0.1, 0.15) is 10.6 Å². The maximum atomic E-state index is 3.78. The summed E-state index contributed by atoms with van der Waals surface area (Å²) < 4.78 is 2.07. The van der Waals surface area contributed by atoms with E-state index in [0.29, 0.717) is 0 Å². The van der Waals surface area contributed by atoms with Crippen molar-refractivity contribution in [3.63, 3.8) is 0 Å². The van der Waals surface area contributed by atoms with Gasteiger partial charge in [-0.2, -0.15) is 4.57 Å². The van der Waals surface area contributed by atoms with E-state index in [4.69, 9.17) is 0 Å². The van der Waals surface area contributed by atoms with Gasteiger partial charge in [-0.15, -0.1) is 0 Å². The maximum Gasteiger partial charge on any atom is 0.246 e. The first-order valence-corrected chi connectivity index (χ1v) is 5.42. The third-order valence-corrected chi connectivity index (χ3v) is 2.99. The molecule has 1 aromatic carbocycles. The van der Waals surface area contributed by atoms with Crippen molar-refractivity contribution in [3.05, 3.63) is 59.1 Å². The molecule has 0 saturated carbocycles. The van der Waals surface area contributed by atoms with Gasteiger partial charge in [0.2, 0.25) is 5.01 Å². The molecule has 78 valence electrons. The van der Waals surface area contributed by atoms with E-state index in [-0.39, 0.29) is 12.4 Å². The molecule has 3 heteroatoms. The molecule has 15 heavy (non-hydrogen) atoms. The molecular formula is C12H12ClNS. The lowest BCUT2D eigenvalue weighted by Crippen LogP contribution is -3.00. The number of benzene rings is 1. The molecule has 0 unspecified atom stereocenters. The third-order valence-electron chi connectivity index (χ3n) is 2.11. The van der Waals surface area contributed by atoms with Crippen LogP contribution in [0.4, 0.5) is 0 Å². The lowest BCUT2D eigenvalue weighted by molar-refractivity contribution is -0.570. The number of hydrogen-bond acceptors (Lipinski definition) is 1. The number of aromatic nitrogens is 1. The molecule has 0 aliphatic rings. The molecule has 0 bridgehead atoms. The average Bonchev–Trinajstić information content (AvgIpc) is 2.67. The zero-order chi connectivity index (χ0) is 9.80. The van der Waals surface area contributed by atoms with E-state index in [1.165, 1.54) is 10.6 Å². The molecule has 0 saturated heterocycles. The van der Waals surface area contributed by atoms with Crippen molar-refractivity contribution >= 4 is 17.5 Å². The first-order chi connectivity index (χ1) is 6.90. The van der Waals surface area contributed by atoms with Crippen LogP contribution in [0.15, 0.2) is 48.5 Å². The quantitative estimate of drug-likeness (QED) is 0.648. The summed E-state index contributed by atoms with van der Waals surface area (Å²) in [6, 6.07) is 10.5. The highest BCUT2D eigenvalue weighted by Gasteiger charge is 2.09. The molecule has 0 aliphatic carbocycles. The van der Waals surface area contributed by atoms with E-state index in [1.54, 1.807) is 11.3 Å². The van der Waals surface area contributed by atoms with E-state index in [2.05, 4.69) is 40.8 Å². The van der Waals surface area contributed by atoms with Gasteiger partial charge in [0.25, 0.3) is 0 Å². The van der Waals surface area contributed by atoms with Gasteiger partial charge in [-0.05, 0) is 12.1 Å². The van der Waals surface area contributed by atoms with Gasteiger partial charge >= 0.3 is 0 Å². The minimum absolute atomic E-state index is 0. The van der Waals surface area contributed by atoms with Crippen LogP contribution in [0.3, 0.4) is 0 Å². The van der Waals surface area contributed by atoms with Crippen molar-refractivity contribution < 1.29 is 17.0 Å². The van der Waals surface area contributed by atoms with Crippen molar-refractivity contribution in [1.29, 1.82) is 0 Å². The first kappa shape index (κ1) is 12.0. The molecule has 1 aromatic heterocycles. The summed E-state index contributed by atoms with van der Waals surface area (Å²) in [6.07, 6.45) is 4.86. The maximum absolute atomic E-state index is 3.78. The highest BCUT2D eigenvalue weighted by Crippen LogP contribution is 2.10. The van der Waals surface area contributed by atoms with Gasteiger partial charge in [-0.1, -0.05) is 41.7 Å². The van der Waals surface area contributed by atoms with Gasteiger partial charge < -0.3 is 12.4 Å². The van der Waals surface area contributed by atoms with Crippen LogP contribution in [-0.4, -0.2) is 0 Å². The molecule has 1 heterocycles. The largest absolute Gasteiger partial charge is 1.00 e. The van der Waals surface area contributed by atoms with Gasteiger partial charge in [-0.3, -0.25) is 0 Å². The van der Waals surface area contributed by atoms with Crippen molar-refractivity contribution in [1.82, 2.24) is 0 Å². The predicted octanol–water partition coefficient (Wildman–Crippen LogP) is -0.269. The second kappa shape index (κ2) is 5.69. The second-order valence-electron chi connectivity index (χ2n) is 3.05. The average molecular weight is 238 g/mol. The Morgan fingerprint density at radius 2 is 2.00 bits per heavy atom. The second-order valence-corrected chi connectivity index (χ2v) is 4.03. The fourth-order valence-corrected chi connectivity index (χ4v) is 2.24. The molecule has 0 fully saturated rings. The molecule has 0 spiro atoms. The summed E-state index contributed by atoms with van der Waals surface area (Å²) in [4.78, 5) is 0. The number of thiazole rings is 1. The Hall–Kier alpha value is -1.12. The molecule has 0 atom stereocenters. The lowest BCUT2D eigenvalue weighted by Gasteiger charge is -1.94. The van der Waals surface area contributed by atoms with Gasteiger partial charge in [-0.25, -0.2) is 0 Å². The van der Waals surface area contributed by atoms with E-state index < -0.39 is 0 Å². The van der Waals surface area contributed by atoms with E-state index >= 15 is 0 Å². The monoisotopic (exact) mass is 237 g/mol. The molecule has 1 nitrogen and oxygen atoms in total. The van der Waals surface area contributed by atoms with Crippen LogP contribution in [-0.2, 0) is 6.42 Å². The fourth-order valence-electron chi connectivity index (χ4n) is 1.38. The zero-order valence-corrected chi connectivity index (χ0v) is 9.84. The summed E-state index contributed by atoms with van der Waals surface area (Å²) in [7, 11) is 0. The lowest BCUT2D eigenvalue weighted by atomic mass is 10.2. The summed E-state index contributed by atoms with van der Waals surface area (Å²) >= 11 is 1.76. The van der Waals surface area contributed by atoms with Crippen LogP contribution < -0.4 is 17.0 Å². The minimum Gasteiger partial charge on any atom is -1.00 e. The highest BCUT2D eigenvalue weighted by atomic mass is 35.5. The molecule has 2 rings (SSSR count). The molecule has 0 N–H and O–H groups in total. The topological polar surface area (TPSA) is 3.88 Å². The number of rotatable bonds is 3. The van der Waals surface area contributed by atoms with Crippen molar-refractivity contribution in [3.8, 4) is 0 Å². The number of nitrogens with zero attached hydrogens (tertiary/aromatic N) is 1. The van der Waals surface area contributed by atoms with Crippen LogP contribution >= 0.6 is 11.3 Å². The predicted molar refractivity (Wildman–Crippen MR) is 60.1 cm³/mol. The normalized spacial score (nSPS) is 9.33. The van der Waals surface area contributed by atoms with E-state index in [9.17, 15) is 0 Å². The van der Waals surface area contributed by atoms with Gasteiger partial charge in [0, 0.05) is 0 Å². The van der Waals surface area contributed by atoms with Crippen LogP contribution in [0.25, 0.3) is 6.20 Å². The third kappa shape index (κ3) is 2.91. The van der Waals surface area contributed by atoms with Gasteiger partial charge in [0.15, 0.2) is 12.4 Å². The van der Waals surface area contributed by atoms with Crippen LogP contribution in [0.5, 0.6) is 0 Å². The smallest absolute Gasteiger partial charge is 0.246 e. The molecule has 0 radical (unpaired) electrons. The standard InChI is InChI=1S/C12H12NS.ClH/c1-2-13-8-9-14-12(13)10-11-6-4-3-5-7-11;/h2-9H,1,10H2;1H/q+1;/p-1. The van der Waals surface area contributed by atoms with Crippen molar-refractivity contribution in [2.24, 2.45) is 0 Å². The van der Waals surface area contributed by atoms with E-state index in [0.717, 1.165) is 6.42 Å². The Morgan fingerprint density at radius 1 is 1.27 bits per heavy atom. The fraction of sp³-hybridized carbons (Fsp3) is 0.0833. The van der Waals surface area contributed by atoms with Gasteiger partial charge in [0.1, 0.15) is 0 Å². The number of halogens is 1. The van der Waals surface area contributed by atoms with Crippen molar-refractivity contribution in [2.45, 2.75) is 6.42 Å². The van der Waals surface area contributed by atoms with E-state index in [1.807, 2.05) is 18.5 Å². The molecule has 0 amide bonds.